The Kier molecular flexibility index (Phi) is 4.61. The van der Waals surface area contributed by atoms with Gasteiger partial charge in [0, 0.05) is 17.6 Å². The quantitative estimate of drug-likeness (QED) is 0.639. The molecule has 0 bridgehead atoms. The van der Waals surface area contributed by atoms with Gasteiger partial charge in [0.1, 0.15) is 17.3 Å². The zero-order valence-corrected chi connectivity index (χ0v) is 14.9. The van der Waals surface area contributed by atoms with E-state index in [0.717, 1.165) is 4.31 Å². The number of anilines is 1. The number of aromatic nitrogens is 3. The van der Waals surface area contributed by atoms with Crippen LogP contribution in [0.1, 0.15) is 12.7 Å². The van der Waals surface area contributed by atoms with Crippen molar-refractivity contribution in [1.29, 1.82) is 5.26 Å². The first kappa shape index (κ1) is 17.2. The molecule has 128 valence electrons. The fourth-order valence-electron chi connectivity index (χ4n) is 2.49. The molecule has 0 aliphatic carbocycles. The Hall–Kier alpha value is -2.63. The van der Waals surface area contributed by atoms with Crippen LogP contribution < -0.4 is 4.31 Å². The standard InChI is InChI=1S/C16H14ClN5O2S/c1-2-15-19-20-16-14(4-3-10-21(15)16)25(23,24)22(11-9-18)13-7-5-12(17)6-8-13/h3-8,10H,2,11H2,1H3. The van der Waals surface area contributed by atoms with E-state index in [4.69, 9.17) is 16.9 Å². The number of sulfonamides is 1. The second-order valence-corrected chi connectivity index (χ2v) is 7.45. The summed E-state index contributed by atoms with van der Waals surface area (Å²) in [6, 6.07) is 11.2. The maximum Gasteiger partial charge on any atom is 0.269 e. The Morgan fingerprint density at radius 3 is 2.60 bits per heavy atom. The van der Waals surface area contributed by atoms with E-state index in [1.54, 1.807) is 40.9 Å². The summed E-state index contributed by atoms with van der Waals surface area (Å²) >= 11 is 5.87. The SMILES string of the molecule is CCc1nnc2c(S(=O)(=O)N(CC#N)c3ccc(Cl)cc3)cccn12. The summed E-state index contributed by atoms with van der Waals surface area (Å²) in [5.41, 5.74) is 0.583. The molecule has 2 heterocycles. The van der Waals surface area contributed by atoms with E-state index in [-0.39, 0.29) is 17.1 Å². The molecule has 0 radical (unpaired) electrons. The highest BCUT2D eigenvalue weighted by Gasteiger charge is 2.28. The predicted octanol–water partition coefficient (Wildman–Crippen LogP) is 2.66. The lowest BCUT2D eigenvalue weighted by Crippen LogP contribution is -2.31. The van der Waals surface area contributed by atoms with Crippen LogP contribution in [-0.4, -0.2) is 29.6 Å². The van der Waals surface area contributed by atoms with Crippen LogP contribution in [0.5, 0.6) is 0 Å². The minimum Gasteiger partial charge on any atom is -0.285 e. The average Bonchev–Trinajstić information content (AvgIpc) is 3.03. The van der Waals surface area contributed by atoms with Gasteiger partial charge in [0.25, 0.3) is 10.0 Å². The van der Waals surface area contributed by atoms with Crippen LogP contribution in [-0.2, 0) is 16.4 Å². The maximum atomic E-state index is 13.2. The van der Waals surface area contributed by atoms with Gasteiger partial charge in [-0.1, -0.05) is 18.5 Å². The number of nitriles is 1. The Morgan fingerprint density at radius 2 is 1.96 bits per heavy atom. The summed E-state index contributed by atoms with van der Waals surface area (Å²) in [5, 5.41) is 17.6. The summed E-state index contributed by atoms with van der Waals surface area (Å²) in [5.74, 6) is 0.658. The highest BCUT2D eigenvalue weighted by atomic mass is 35.5. The number of benzene rings is 1. The first-order chi connectivity index (χ1) is 12.0. The molecule has 0 spiro atoms. The number of aryl methyl sites for hydroxylation is 1. The van der Waals surface area contributed by atoms with Gasteiger partial charge in [0.2, 0.25) is 0 Å². The van der Waals surface area contributed by atoms with E-state index in [2.05, 4.69) is 10.2 Å². The van der Waals surface area contributed by atoms with E-state index < -0.39 is 10.0 Å². The smallest absolute Gasteiger partial charge is 0.269 e. The van der Waals surface area contributed by atoms with Crippen LogP contribution in [0.2, 0.25) is 5.02 Å². The lowest BCUT2D eigenvalue weighted by Gasteiger charge is -2.21. The lowest BCUT2D eigenvalue weighted by atomic mass is 10.3. The van der Waals surface area contributed by atoms with Crippen LogP contribution in [0.25, 0.3) is 5.65 Å². The molecule has 0 unspecified atom stereocenters. The van der Waals surface area contributed by atoms with Gasteiger partial charge in [-0.15, -0.1) is 10.2 Å². The summed E-state index contributed by atoms with van der Waals surface area (Å²) < 4.78 is 29.0. The minimum absolute atomic E-state index is 0.00704. The first-order valence-corrected chi connectivity index (χ1v) is 9.28. The molecule has 0 aliphatic rings. The number of rotatable bonds is 5. The Morgan fingerprint density at radius 1 is 1.24 bits per heavy atom. The number of nitrogens with zero attached hydrogens (tertiary/aromatic N) is 5. The van der Waals surface area contributed by atoms with E-state index in [0.29, 0.717) is 23.0 Å². The number of hydrogen-bond donors (Lipinski definition) is 0. The second kappa shape index (κ2) is 6.70. The topological polar surface area (TPSA) is 91.4 Å². The Balaban J connectivity index is 2.18. The van der Waals surface area contributed by atoms with Gasteiger partial charge in [-0.25, -0.2) is 8.42 Å². The molecule has 0 fully saturated rings. The van der Waals surface area contributed by atoms with Crippen molar-refractivity contribution in [2.24, 2.45) is 0 Å². The molecule has 2 aromatic heterocycles. The molecule has 0 N–H and O–H groups in total. The third-order valence-electron chi connectivity index (χ3n) is 3.68. The second-order valence-electron chi connectivity index (χ2n) is 5.18. The van der Waals surface area contributed by atoms with Crippen molar-refractivity contribution >= 4 is 33.0 Å². The molecule has 0 aliphatic heterocycles. The third-order valence-corrected chi connectivity index (χ3v) is 5.73. The number of pyridine rings is 1. The molecule has 0 atom stereocenters. The largest absolute Gasteiger partial charge is 0.285 e. The molecule has 0 amide bonds. The van der Waals surface area contributed by atoms with E-state index >= 15 is 0 Å². The molecule has 0 saturated carbocycles. The van der Waals surface area contributed by atoms with Crippen molar-refractivity contribution in [3.8, 4) is 6.07 Å². The normalized spacial score (nSPS) is 11.4. The van der Waals surface area contributed by atoms with Gasteiger partial charge in [-0.2, -0.15) is 5.26 Å². The van der Waals surface area contributed by atoms with Gasteiger partial charge >= 0.3 is 0 Å². The van der Waals surface area contributed by atoms with Crippen molar-refractivity contribution in [3.63, 3.8) is 0 Å². The zero-order chi connectivity index (χ0) is 18.0. The molecule has 3 aromatic rings. The Bertz CT molecular complexity index is 1050. The lowest BCUT2D eigenvalue weighted by molar-refractivity contribution is 0.593. The molecular formula is C16H14ClN5O2S. The van der Waals surface area contributed by atoms with Gasteiger partial charge in [-0.3, -0.25) is 8.71 Å². The minimum atomic E-state index is -4.01. The van der Waals surface area contributed by atoms with E-state index in [9.17, 15) is 8.42 Å². The van der Waals surface area contributed by atoms with Crippen molar-refractivity contribution in [3.05, 3.63) is 53.4 Å². The van der Waals surface area contributed by atoms with Crippen LogP contribution >= 0.6 is 11.6 Å². The first-order valence-electron chi connectivity index (χ1n) is 7.47. The molecule has 25 heavy (non-hydrogen) atoms. The van der Waals surface area contributed by atoms with Crippen LogP contribution in [0.15, 0.2) is 47.5 Å². The van der Waals surface area contributed by atoms with Gasteiger partial charge in [0.05, 0.1) is 11.8 Å². The predicted molar refractivity (Wildman–Crippen MR) is 94.0 cm³/mol. The molecule has 9 heteroatoms. The maximum absolute atomic E-state index is 13.2. The van der Waals surface area contributed by atoms with Crippen molar-refractivity contribution in [1.82, 2.24) is 14.6 Å². The van der Waals surface area contributed by atoms with E-state index in [1.165, 1.54) is 6.07 Å². The van der Waals surface area contributed by atoms with Crippen LogP contribution in [0.4, 0.5) is 5.69 Å². The Labute approximate surface area is 150 Å². The number of fused-ring (bicyclic) bond motifs is 1. The number of hydrogen-bond acceptors (Lipinski definition) is 5. The zero-order valence-electron chi connectivity index (χ0n) is 13.3. The molecule has 3 rings (SSSR count). The van der Waals surface area contributed by atoms with Crippen LogP contribution in [0.3, 0.4) is 0 Å². The molecule has 0 saturated heterocycles. The third kappa shape index (κ3) is 3.04. The summed E-state index contributed by atoms with van der Waals surface area (Å²) in [4.78, 5) is -0.00704. The molecule has 1 aromatic carbocycles. The summed E-state index contributed by atoms with van der Waals surface area (Å²) in [7, 11) is -4.01. The van der Waals surface area contributed by atoms with Crippen molar-refractivity contribution < 1.29 is 8.42 Å². The van der Waals surface area contributed by atoms with Crippen molar-refractivity contribution in [2.75, 3.05) is 10.8 Å². The van der Waals surface area contributed by atoms with Crippen LogP contribution in [0, 0.1) is 11.3 Å². The van der Waals surface area contributed by atoms with Gasteiger partial charge in [0.15, 0.2) is 5.65 Å². The fourth-order valence-corrected chi connectivity index (χ4v) is 4.10. The van der Waals surface area contributed by atoms with E-state index in [1.807, 2.05) is 13.0 Å². The highest BCUT2D eigenvalue weighted by Crippen LogP contribution is 2.27. The highest BCUT2D eigenvalue weighted by molar-refractivity contribution is 7.93. The molecular weight excluding hydrogens is 362 g/mol. The van der Waals surface area contributed by atoms with Gasteiger partial charge < -0.3 is 0 Å². The fraction of sp³-hybridized carbons (Fsp3) is 0.188. The van der Waals surface area contributed by atoms with Crippen molar-refractivity contribution in [2.45, 2.75) is 18.2 Å². The molecule has 7 nitrogen and oxygen atoms in total. The summed E-state index contributed by atoms with van der Waals surface area (Å²) in [6.45, 7) is 1.58. The monoisotopic (exact) mass is 375 g/mol. The average molecular weight is 376 g/mol. The van der Waals surface area contributed by atoms with Gasteiger partial charge in [-0.05, 0) is 36.4 Å². The summed E-state index contributed by atoms with van der Waals surface area (Å²) in [6.07, 6.45) is 2.33. The number of halogens is 1.